The van der Waals surface area contributed by atoms with E-state index in [0.717, 1.165) is 5.06 Å². The molecule has 7 heteroatoms. The van der Waals surface area contributed by atoms with Crippen LogP contribution in [0.15, 0.2) is 30.3 Å². The summed E-state index contributed by atoms with van der Waals surface area (Å²) < 4.78 is 5.24. The smallest absolute Gasteiger partial charge is 0.329 e. The highest BCUT2D eigenvalue weighted by molar-refractivity contribution is 5.92. The molecule has 7 nitrogen and oxygen atoms in total. The highest BCUT2D eigenvalue weighted by atomic mass is 16.7. The molecule has 0 aliphatic carbocycles. The molecule has 1 N–H and O–H groups in total. The van der Waals surface area contributed by atoms with Crippen LogP contribution < -0.4 is 10.1 Å². The Balaban J connectivity index is 1.71. The first-order valence-electron chi connectivity index (χ1n) is 6.03. The van der Waals surface area contributed by atoms with Crippen LogP contribution in [0.1, 0.15) is 6.92 Å². The predicted molar refractivity (Wildman–Crippen MR) is 67.3 cm³/mol. The molecule has 1 aromatic carbocycles. The second kappa shape index (κ2) is 6.05. The largest absolute Gasteiger partial charge is 0.484 e. The van der Waals surface area contributed by atoms with Gasteiger partial charge in [0.2, 0.25) is 0 Å². The molecule has 0 saturated carbocycles. The topological polar surface area (TPSA) is 84.9 Å². The van der Waals surface area contributed by atoms with Gasteiger partial charge >= 0.3 is 5.97 Å². The van der Waals surface area contributed by atoms with Crippen molar-refractivity contribution < 1.29 is 24.0 Å². The lowest BCUT2D eigenvalue weighted by Gasteiger charge is -2.35. The number of para-hydroxylation sites is 1. The summed E-state index contributed by atoms with van der Waals surface area (Å²) in [6, 6.07) is 8.21. The lowest BCUT2D eigenvalue weighted by Crippen LogP contribution is -2.64. The van der Waals surface area contributed by atoms with Crippen molar-refractivity contribution in [3.63, 3.8) is 0 Å². The number of carbonyl (C=O) groups is 3. The van der Waals surface area contributed by atoms with Gasteiger partial charge in [-0.25, -0.2) is 0 Å². The van der Waals surface area contributed by atoms with E-state index in [4.69, 9.17) is 4.74 Å². The summed E-state index contributed by atoms with van der Waals surface area (Å²) >= 11 is 0. The van der Waals surface area contributed by atoms with Gasteiger partial charge in [-0.15, -0.1) is 0 Å². The summed E-state index contributed by atoms with van der Waals surface area (Å²) in [6.07, 6.45) is 0. The Morgan fingerprint density at radius 2 is 2.05 bits per heavy atom. The van der Waals surface area contributed by atoms with Crippen molar-refractivity contribution in [1.29, 1.82) is 0 Å². The van der Waals surface area contributed by atoms with Gasteiger partial charge in [0.1, 0.15) is 11.8 Å². The average Bonchev–Trinajstić information content (AvgIpc) is 2.44. The highest BCUT2D eigenvalue weighted by Gasteiger charge is 2.40. The van der Waals surface area contributed by atoms with Crippen LogP contribution in [0.3, 0.4) is 0 Å². The number of hydroxylamine groups is 2. The minimum absolute atomic E-state index is 0.148. The quantitative estimate of drug-likeness (QED) is 0.758. The first kappa shape index (κ1) is 13.9. The molecular weight excluding hydrogens is 264 g/mol. The van der Waals surface area contributed by atoms with Crippen LogP contribution in [0.2, 0.25) is 0 Å². The molecule has 0 spiro atoms. The summed E-state index contributed by atoms with van der Waals surface area (Å²) in [7, 11) is 0. The SMILES string of the molecule is CC(=O)ON1C[C@H](NC(=O)COc2ccccc2)C1=O. The fourth-order valence-electron chi connectivity index (χ4n) is 1.64. The Bertz CT molecular complexity index is 517. The van der Waals surface area contributed by atoms with Gasteiger partial charge in [0.05, 0.1) is 6.54 Å². The summed E-state index contributed by atoms with van der Waals surface area (Å²) in [6.45, 7) is 1.17. The number of hydrogen-bond acceptors (Lipinski definition) is 5. The van der Waals surface area contributed by atoms with Crippen LogP contribution in [0, 0.1) is 0 Å². The average molecular weight is 278 g/mol. The molecular formula is C13H14N2O5. The van der Waals surface area contributed by atoms with Crippen molar-refractivity contribution in [2.45, 2.75) is 13.0 Å². The van der Waals surface area contributed by atoms with Crippen molar-refractivity contribution in [2.24, 2.45) is 0 Å². The van der Waals surface area contributed by atoms with E-state index < -0.39 is 23.8 Å². The fourth-order valence-corrected chi connectivity index (χ4v) is 1.64. The molecule has 1 saturated heterocycles. The third-order valence-electron chi connectivity index (χ3n) is 2.58. The lowest BCUT2D eigenvalue weighted by molar-refractivity contribution is -0.215. The molecule has 1 atom stereocenters. The Morgan fingerprint density at radius 1 is 1.35 bits per heavy atom. The molecule has 1 aliphatic heterocycles. The molecule has 0 unspecified atom stereocenters. The van der Waals surface area contributed by atoms with E-state index in [2.05, 4.69) is 10.2 Å². The maximum atomic E-state index is 11.6. The number of benzene rings is 1. The zero-order valence-electron chi connectivity index (χ0n) is 10.9. The summed E-state index contributed by atoms with van der Waals surface area (Å²) in [5.74, 6) is -0.859. The number of hydrogen-bond donors (Lipinski definition) is 1. The van der Waals surface area contributed by atoms with E-state index in [1.807, 2.05) is 6.07 Å². The number of nitrogens with one attached hydrogen (secondary N) is 1. The molecule has 1 aromatic rings. The molecule has 2 amide bonds. The third kappa shape index (κ3) is 3.47. The molecule has 106 valence electrons. The van der Waals surface area contributed by atoms with E-state index in [9.17, 15) is 14.4 Å². The van der Waals surface area contributed by atoms with Crippen molar-refractivity contribution in [2.75, 3.05) is 13.2 Å². The number of carbonyl (C=O) groups excluding carboxylic acids is 3. The molecule has 0 bridgehead atoms. The Hall–Kier alpha value is -2.57. The van der Waals surface area contributed by atoms with E-state index in [1.54, 1.807) is 24.3 Å². The van der Waals surface area contributed by atoms with Crippen molar-refractivity contribution in [3.8, 4) is 5.75 Å². The third-order valence-corrected chi connectivity index (χ3v) is 2.58. The van der Waals surface area contributed by atoms with Gasteiger partial charge in [0.15, 0.2) is 6.61 Å². The van der Waals surface area contributed by atoms with Gasteiger partial charge in [0, 0.05) is 6.92 Å². The lowest BCUT2D eigenvalue weighted by atomic mass is 10.1. The number of nitrogens with zero attached hydrogens (tertiary/aromatic N) is 1. The highest BCUT2D eigenvalue weighted by Crippen LogP contribution is 2.11. The molecule has 2 rings (SSSR count). The first-order chi connectivity index (χ1) is 9.56. The van der Waals surface area contributed by atoms with Crippen molar-refractivity contribution >= 4 is 17.8 Å². The van der Waals surface area contributed by atoms with Crippen LogP contribution in [-0.2, 0) is 19.2 Å². The second-order valence-electron chi connectivity index (χ2n) is 4.20. The number of rotatable bonds is 5. The monoisotopic (exact) mass is 278 g/mol. The summed E-state index contributed by atoms with van der Waals surface area (Å²) in [5, 5.41) is 3.40. The zero-order valence-corrected chi connectivity index (χ0v) is 10.9. The Labute approximate surface area is 115 Å². The maximum Gasteiger partial charge on any atom is 0.329 e. The van der Waals surface area contributed by atoms with E-state index in [1.165, 1.54) is 6.92 Å². The van der Waals surface area contributed by atoms with Crippen molar-refractivity contribution in [3.05, 3.63) is 30.3 Å². The van der Waals surface area contributed by atoms with Crippen molar-refractivity contribution in [1.82, 2.24) is 10.4 Å². The van der Waals surface area contributed by atoms with Gasteiger partial charge in [-0.05, 0) is 12.1 Å². The number of amides is 2. The molecule has 20 heavy (non-hydrogen) atoms. The molecule has 1 heterocycles. The predicted octanol–water partition coefficient (Wildman–Crippen LogP) is -0.130. The van der Waals surface area contributed by atoms with E-state index >= 15 is 0 Å². The molecule has 0 aromatic heterocycles. The van der Waals surface area contributed by atoms with Crippen LogP contribution in [0.4, 0.5) is 0 Å². The van der Waals surface area contributed by atoms with Crippen LogP contribution >= 0.6 is 0 Å². The standard InChI is InChI=1S/C13H14N2O5/c1-9(16)20-15-7-11(13(15)18)14-12(17)8-19-10-5-3-2-4-6-10/h2-6,11H,7-8H2,1H3,(H,14,17)/t11-/m0/s1. The van der Waals surface area contributed by atoms with Gasteiger partial charge in [-0.2, -0.15) is 5.06 Å². The Morgan fingerprint density at radius 3 is 2.65 bits per heavy atom. The second-order valence-corrected chi connectivity index (χ2v) is 4.20. The minimum atomic E-state index is -0.666. The van der Waals surface area contributed by atoms with Gasteiger partial charge in [-0.1, -0.05) is 18.2 Å². The molecule has 1 fully saturated rings. The maximum absolute atomic E-state index is 11.6. The van der Waals surface area contributed by atoms with Crippen LogP contribution in [0.25, 0.3) is 0 Å². The van der Waals surface area contributed by atoms with Gasteiger partial charge < -0.3 is 14.9 Å². The minimum Gasteiger partial charge on any atom is -0.484 e. The zero-order chi connectivity index (χ0) is 14.5. The van der Waals surface area contributed by atoms with E-state index in [-0.39, 0.29) is 13.2 Å². The summed E-state index contributed by atoms with van der Waals surface area (Å²) in [4.78, 5) is 38.3. The van der Waals surface area contributed by atoms with Crippen LogP contribution in [0.5, 0.6) is 5.75 Å². The first-order valence-corrected chi connectivity index (χ1v) is 6.03. The van der Waals surface area contributed by atoms with Gasteiger partial charge in [-0.3, -0.25) is 14.4 Å². The van der Waals surface area contributed by atoms with Crippen LogP contribution in [-0.4, -0.2) is 42.0 Å². The molecule has 1 aliphatic rings. The molecule has 0 radical (unpaired) electrons. The normalized spacial score (nSPS) is 17.1. The Kier molecular flexibility index (Phi) is 4.19. The van der Waals surface area contributed by atoms with E-state index in [0.29, 0.717) is 5.75 Å². The number of ether oxygens (including phenoxy) is 1. The summed E-state index contributed by atoms with van der Waals surface area (Å²) in [5.41, 5.74) is 0. The van der Waals surface area contributed by atoms with Gasteiger partial charge in [0.25, 0.3) is 11.8 Å². The fraction of sp³-hybridized carbons (Fsp3) is 0.308. The number of β-lactam (4-membered cyclic amide) rings is 1.